The Bertz CT molecular complexity index is 1240. The molecule has 442 valence electrons. The fraction of sp³-hybridized carbons (Fsp3) is 0.937. The van der Waals surface area contributed by atoms with E-state index in [4.69, 9.17) is 18.9 Å². The molecule has 1 rings (SSSR count). The van der Waals surface area contributed by atoms with Crippen LogP contribution in [0.3, 0.4) is 0 Å². The summed E-state index contributed by atoms with van der Waals surface area (Å²) in [5, 5.41) is 0. The summed E-state index contributed by atoms with van der Waals surface area (Å²) in [4.78, 5) is 59.9. The molecule has 0 aromatic carbocycles. The second-order valence-electron chi connectivity index (χ2n) is 22.3. The number of ether oxygens (including phenoxy) is 4. The lowest BCUT2D eigenvalue weighted by molar-refractivity contribution is -0.145. The van der Waals surface area contributed by atoms with E-state index in [2.05, 4.69) is 40.4 Å². The Morgan fingerprint density at radius 2 is 0.520 bits per heavy atom. The molecule has 1 aliphatic rings. The van der Waals surface area contributed by atoms with Crippen molar-refractivity contribution in [3.05, 3.63) is 0 Å². The number of esters is 4. The zero-order valence-electron chi connectivity index (χ0n) is 49.9. The third-order valence-corrected chi connectivity index (χ3v) is 15.5. The number of methoxy groups -OCH3 is 1. The molecule has 75 heavy (non-hydrogen) atoms. The van der Waals surface area contributed by atoms with Gasteiger partial charge in [-0.2, -0.15) is 0 Å². The summed E-state index contributed by atoms with van der Waals surface area (Å²) in [5.41, 5.74) is 0. The van der Waals surface area contributed by atoms with Gasteiger partial charge in [0.25, 0.3) is 0 Å². The number of carbonyl (C=O) groups excluding carboxylic acids is 4. The van der Waals surface area contributed by atoms with Crippen molar-refractivity contribution in [3.8, 4) is 0 Å². The van der Waals surface area contributed by atoms with Crippen LogP contribution in [0.2, 0.25) is 0 Å². The molecule has 0 bridgehead atoms. The predicted octanol–water partition coefficient (Wildman–Crippen LogP) is 14.7. The van der Waals surface area contributed by atoms with Crippen LogP contribution < -0.4 is 0 Å². The van der Waals surface area contributed by atoms with Gasteiger partial charge in [-0.1, -0.05) is 233 Å². The summed E-state index contributed by atoms with van der Waals surface area (Å²) in [7, 11) is 1.42. The van der Waals surface area contributed by atoms with Crippen LogP contribution in [-0.4, -0.2) is 149 Å². The molecule has 1 heterocycles. The minimum Gasteiger partial charge on any atom is -0.469 e. The monoisotopic (exact) mass is 1060 g/mol. The fourth-order valence-corrected chi connectivity index (χ4v) is 10.2. The van der Waals surface area contributed by atoms with Crippen molar-refractivity contribution in [2.24, 2.45) is 0 Å². The van der Waals surface area contributed by atoms with Crippen molar-refractivity contribution < 1.29 is 38.1 Å². The first kappa shape index (κ1) is 70.7. The van der Waals surface area contributed by atoms with Crippen molar-refractivity contribution in [3.63, 3.8) is 0 Å². The van der Waals surface area contributed by atoms with Crippen molar-refractivity contribution in [1.82, 2.24) is 19.6 Å². The van der Waals surface area contributed by atoms with Gasteiger partial charge < -0.3 is 28.7 Å². The normalized spacial score (nSPS) is 13.3. The molecule has 1 saturated heterocycles. The molecule has 0 saturated carbocycles. The van der Waals surface area contributed by atoms with Gasteiger partial charge >= 0.3 is 23.9 Å². The van der Waals surface area contributed by atoms with E-state index in [0.717, 1.165) is 90.9 Å². The smallest absolute Gasteiger partial charge is 0.307 e. The molecule has 0 N–H and O–H groups in total. The van der Waals surface area contributed by atoms with Crippen molar-refractivity contribution >= 4 is 23.9 Å². The lowest BCUT2D eigenvalue weighted by Gasteiger charge is -2.36. The number of hydrogen-bond donors (Lipinski definition) is 0. The average Bonchev–Trinajstić information content (AvgIpc) is 3.42. The van der Waals surface area contributed by atoms with Gasteiger partial charge in [-0.05, 0) is 19.3 Å². The SMILES string of the molecule is CCCCCCCCCCCCCCOC(=O)CCN(CCC(=O)OC)CCN1CCN(CCN(CCC(=O)OCCCCCCCCCCCCCC)CCC(=O)OCCCCCCCCCCCCCC)CC1. The van der Waals surface area contributed by atoms with Crippen molar-refractivity contribution in [1.29, 1.82) is 0 Å². The minimum absolute atomic E-state index is 0.154. The molecule has 0 spiro atoms. The van der Waals surface area contributed by atoms with Crippen LogP contribution in [0.4, 0.5) is 0 Å². The van der Waals surface area contributed by atoms with Gasteiger partial charge in [0.15, 0.2) is 0 Å². The highest BCUT2D eigenvalue weighted by atomic mass is 16.5. The molecule has 0 aromatic heterocycles. The van der Waals surface area contributed by atoms with Gasteiger partial charge in [0.05, 0.1) is 52.6 Å². The number of nitrogens with zero attached hydrogens (tertiary/aromatic N) is 4. The maximum atomic E-state index is 12.9. The van der Waals surface area contributed by atoms with Crippen LogP contribution in [0.5, 0.6) is 0 Å². The predicted molar refractivity (Wildman–Crippen MR) is 312 cm³/mol. The highest BCUT2D eigenvalue weighted by Gasteiger charge is 2.20. The van der Waals surface area contributed by atoms with E-state index in [1.807, 2.05) is 0 Å². The third kappa shape index (κ3) is 48.6. The summed E-state index contributed by atoms with van der Waals surface area (Å²) in [6.07, 6.45) is 47.2. The molecule has 0 radical (unpaired) electrons. The van der Waals surface area contributed by atoms with Crippen LogP contribution in [0.15, 0.2) is 0 Å². The Morgan fingerprint density at radius 1 is 0.307 bits per heavy atom. The molecular weight excluding hydrogens is 941 g/mol. The van der Waals surface area contributed by atoms with E-state index < -0.39 is 0 Å². The maximum absolute atomic E-state index is 12.9. The Morgan fingerprint density at radius 3 is 0.747 bits per heavy atom. The lowest BCUT2D eigenvalue weighted by Crippen LogP contribution is -2.50. The Balaban J connectivity index is 2.48. The zero-order chi connectivity index (χ0) is 54.3. The Hall–Kier alpha value is -2.28. The molecule has 0 aliphatic carbocycles. The Kier molecular flexibility index (Phi) is 51.9. The third-order valence-electron chi connectivity index (χ3n) is 15.5. The number of hydrogen-bond acceptors (Lipinski definition) is 12. The number of rotatable bonds is 57. The quantitative estimate of drug-likeness (QED) is 0.0328. The highest BCUT2D eigenvalue weighted by molar-refractivity contribution is 5.70. The fourth-order valence-electron chi connectivity index (χ4n) is 10.2. The molecule has 0 atom stereocenters. The van der Waals surface area contributed by atoms with Crippen LogP contribution >= 0.6 is 0 Å². The summed E-state index contributed by atoms with van der Waals surface area (Å²) >= 11 is 0. The summed E-state index contributed by atoms with van der Waals surface area (Å²) in [6.45, 7) is 17.5. The summed E-state index contributed by atoms with van der Waals surface area (Å²) in [5.74, 6) is -0.713. The second kappa shape index (κ2) is 55.1. The first-order chi connectivity index (χ1) is 36.8. The molecule has 1 fully saturated rings. The van der Waals surface area contributed by atoms with Gasteiger partial charge in [0.2, 0.25) is 0 Å². The van der Waals surface area contributed by atoms with E-state index in [1.54, 1.807) is 0 Å². The lowest BCUT2D eigenvalue weighted by atomic mass is 10.1. The van der Waals surface area contributed by atoms with E-state index >= 15 is 0 Å². The van der Waals surface area contributed by atoms with E-state index in [-0.39, 0.29) is 23.9 Å². The van der Waals surface area contributed by atoms with Gasteiger partial charge in [-0.3, -0.25) is 29.0 Å². The topological polar surface area (TPSA) is 118 Å². The second-order valence-corrected chi connectivity index (χ2v) is 22.3. The molecular formula is C63H122N4O8. The largest absolute Gasteiger partial charge is 0.469 e. The maximum Gasteiger partial charge on any atom is 0.307 e. The summed E-state index contributed by atoms with van der Waals surface area (Å²) in [6, 6.07) is 0. The van der Waals surface area contributed by atoms with E-state index in [1.165, 1.54) is 200 Å². The summed E-state index contributed by atoms with van der Waals surface area (Å²) < 4.78 is 21.9. The molecule has 0 amide bonds. The number of carbonyl (C=O) groups is 4. The van der Waals surface area contributed by atoms with Crippen molar-refractivity contribution in [2.75, 3.05) is 105 Å². The average molecular weight is 1060 g/mol. The molecule has 1 aliphatic heterocycles. The van der Waals surface area contributed by atoms with Gasteiger partial charge in [-0.25, -0.2) is 0 Å². The first-order valence-electron chi connectivity index (χ1n) is 32.2. The van der Waals surface area contributed by atoms with E-state index in [0.29, 0.717) is 71.7 Å². The van der Waals surface area contributed by atoms with Crippen LogP contribution in [0.25, 0.3) is 0 Å². The van der Waals surface area contributed by atoms with Gasteiger partial charge in [-0.15, -0.1) is 0 Å². The molecule has 12 heteroatoms. The first-order valence-corrected chi connectivity index (χ1v) is 32.2. The number of unbranched alkanes of at least 4 members (excludes halogenated alkanes) is 33. The van der Waals surface area contributed by atoms with Gasteiger partial charge in [0, 0.05) is 78.5 Å². The van der Waals surface area contributed by atoms with Crippen molar-refractivity contribution in [2.45, 2.75) is 278 Å². The van der Waals surface area contributed by atoms with Gasteiger partial charge in [0.1, 0.15) is 0 Å². The molecule has 0 unspecified atom stereocenters. The van der Waals surface area contributed by atoms with Crippen LogP contribution in [0.1, 0.15) is 278 Å². The molecule has 0 aromatic rings. The highest BCUT2D eigenvalue weighted by Crippen LogP contribution is 2.16. The van der Waals surface area contributed by atoms with Crippen LogP contribution in [0, 0.1) is 0 Å². The van der Waals surface area contributed by atoms with Crippen LogP contribution in [-0.2, 0) is 38.1 Å². The minimum atomic E-state index is -0.240. The molecule has 12 nitrogen and oxygen atoms in total. The standard InChI is InChI=1S/C63H122N4O8/c1-5-8-11-14-17-20-23-26-29-32-35-38-57-73-61(69)42-46-64(45-41-60(68)72-4)49-51-66-53-55-67(56-54-66)52-50-65(47-43-62(70)74-58-39-36-33-30-27-24-21-18-15-12-9-6-2)48-44-63(71)75-59-40-37-34-31-28-25-22-19-16-13-10-7-3/h5-59H2,1-4H3. The van der Waals surface area contributed by atoms with E-state index in [9.17, 15) is 19.2 Å². The Labute approximate surface area is 462 Å². The zero-order valence-corrected chi connectivity index (χ0v) is 49.9. The number of piperazine rings is 1.